The average molecular weight is 383 g/mol. The van der Waals surface area contributed by atoms with Crippen LogP contribution in [-0.4, -0.2) is 14.5 Å². The smallest absolute Gasteiger partial charge is 0.283 e. The standard InChI is InChI=1S/C20H15F2N3OS/c1-12-9-17-18(23-12)19(26)25(16-7-5-14(21)6-8-16)20(24-17)27-11-13-3-2-4-15(22)10-13/h2-10,23H,11H2,1H3. The van der Waals surface area contributed by atoms with Crippen molar-refractivity contribution >= 4 is 22.8 Å². The molecule has 7 heteroatoms. The topological polar surface area (TPSA) is 50.7 Å². The van der Waals surface area contributed by atoms with E-state index in [-0.39, 0.29) is 17.2 Å². The third-order valence-corrected chi connectivity index (χ3v) is 5.11. The fourth-order valence-electron chi connectivity index (χ4n) is 2.87. The van der Waals surface area contributed by atoms with Gasteiger partial charge in [-0.25, -0.2) is 13.8 Å². The number of benzene rings is 2. The van der Waals surface area contributed by atoms with Crippen LogP contribution in [0.2, 0.25) is 0 Å². The van der Waals surface area contributed by atoms with Gasteiger partial charge in [0.1, 0.15) is 17.2 Å². The summed E-state index contributed by atoms with van der Waals surface area (Å²) in [4.78, 5) is 20.7. The fourth-order valence-corrected chi connectivity index (χ4v) is 3.82. The average Bonchev–Trinajstić information content (AvgIpc) is 3.02. The molecule has 4 aromatic rings. The van der Waals surface area contributed by atoms with E-state index < -0.39 is 0 Å². The maximum Gasteiger partial charge on any atom is 0.283 e. The highest BCUT2D eigenvalue weighted by molar-refractivity contribution is 7.98. The van der Waals surface area contributed by atoms with Gasteiger partial charge >= 0.3 is 0 Å². The first-order valence-corrected chi connectivity index (χ1v) is 9.25. The number of halogens is 2. The molecule has 0 aliphatic carbocycles. The summed E-state index contributed by atoms with van der Waals surface area (Å²) in [5, 5.41) is 0.461. The van der Waals surface area contributed by atoms with E-state index >= 15 is 0 Å². The number of hydrogen-bond acceptors (Lipinski definition) is 3. The molecule has 0 saturated heterocycles. The molecule has 0 radical (unpaired) electrons. The molecule has 0 aliphatic rings. The van der Waals surface area contributed by atoms with E-state index in [9.17, 15) is 13.6 Å². The number of nitrogens with one attached hydrogen (secondary N) is 1. The van der Waals surface area contributed by atoms with Crippen LogP contribution in [0.15, 0.2) is 64.5 Å². The Balaban J connectivity index is 1.83. The van der Waals surface area contributed by atoms with Crippen molar-refractivity contribution in [1.82, 2.24) is 14.5 Å². The van der Waals surface area contributed by atoms with Gasteiger partial charge in [-0.05, 0) is 55.0 Å². The molecule has 0 saturated carbocycles. The lowest BCUT2D eigenvalue weighted by atomic mass is 10.2. The Hall–Kier alpha value is -2.93. The van der Waals surface area contributed by atoms with Gasteiger partial charge in [0.25, 0.3) is 5.56 Å². The Bertz CT molecular complexity index is 1180. The molecule has 0 unspecified atom stereocenters. The molecule has 2 heterocycles. The minimum atomic E-state index is -0.384. The van der Waals surface area contributed by atoms with Gasteiger partial charge in [0, 0.05) is 11.4 Å². The molecule has 2 aromatic carbocycles. The number of H-pyrrole nitrogens is 1. The first kappa shape index (κ1) is 17.5. The maximum atomic E-state index is 13.4. The number of aryl methyl sites for hydroxylation is 1. The highest BCUT2D eigenvalue weighted by Gasteiger charge is 2.15. The first-order valence-electron chi connectivity index (χ1n) is 8.27. The quantitative estimate of drug-likeness (QED) is 0.414. The normalized spacial score (nSPS) is 11.2. The van der Waals surface area contributed by atoms with Crippen molar-refractivity contribution < 1.29 is 8.78 Å². The molecule has 4 nitrogen and oxygen atoms in total. The van der Waals surface area contributed by atoms with Gasteiger partial charge in [-0.2, -0.15) is 0 Å². The second-order valence-corrected chi connectivity index (χ2v) is 7.09. The molecule has 0 spiro atoms. The summed E-state index contributed by atoms with van der Waals surface area (Å²) in [5.41, 5.74) is 2.83. The minimum Gasteiger partial charge on any atom is -0.353 e. The predicted octanol–water partition coefficient (Wildman–Crippen LogP) is 4.59. The lowest BCUT2D eigenvalue weighted by Crippen LogP contribution is -2.21. The summed E-state index contributed by atoms with van der Waals surface area (Å²) in [6.07, 6.45) is 0. The highest BCUT2D eigenvalue weighted by Crippen LogP contribution is 2.25. The van der Waals surface area contributed by atoms with E-state index in [1.54, 1.807) is 12.1 Å². The second-order valence-electron chi connectivity index (χ2n) is 6.14. The van der Waals surface area contributed by atoms with Gasteiger partial charge in [-0.3, -0.25) is 9.36 Å². The maximum absolute atomic E-state index is 13.4. The van der Waals surface area contributed by atoms with E-state index in [4.69, 9.17) is 0 Å². The van der Waals surface area contributed by atoms with Crippen LogP contribution in [0, 0.1) is 18.6 Å². The number of aromatic amines is 1. The van der Waals surface area contributed by atoms with E-state index in [1.165, 1.54) is 52.7 Å². The van der Waals surface area contributed by atoms with Crippen LogP contribution in [0.5, 0.6) is 0 Å². The van der Waals surface area contributed by atoms with Crippen LogP contribution >= 0.6 is 11.8 Å². The summed E-state index contributed by atoms with van der Waals surface area (Å²) in [6, 6.07) is 13.8. The van der Waals surface area contributed by atoms with Crippen molar-refractivity contribution in [1.29, 1.82) is 0 Å². The Morgan fingerprint density at radius 2 is 1.85 bits per heavy atom. The molecule has 0 aliphatic heterocycles. The molecular formula is C20H15F2N3OS. The van der Waals surface area contributed by atoms with Gasteiger partial charge in [0.05, 0.1) is 11.2 Å². The predicted molar refractivity (Wildman–Crippen MR) is 102 cm³/mol. The summed E-state index contributed by atoms with van der Waals surface area (Å²) in [5.74, 6) is -0.250. The molecular weight excluding hydrogens is 368 g/mol. The Kier molecular flexibility index (Phi) is 4.53. The zero-order valence-electron chi connectivity index (χ0n) is 14.4. The Morgan fingerprint density at radius 1 is 1.07 bits per heavy atom. The lowest BCUT2D eigenvalue weighted by Gasteiger charge is -2.12. The van der Waals surface area contributed by atoms with Crippen molar-refractivity contribution in [3.63, 3.8) is 0 Å². The Labute approximate surface area is 157 Å². The van der Waals surface area contributed by atoms with Crippen LogP contribution < -0.4 is 5.56 Å². The summed E-state index contributed by atoms with van der Waals surface area (Å²) < 4.78 is 28.2. The monoisotopic (exact) mass is 383 g/mol. The van der Waals surface area contributed by atoms with E-state index in [0.717, 1.165) is 11.3 Å². The van der Waals surface area contributed by atoms with Crippen molar-refractivity contribution in [2.45, 2.75) is 17.8 Å². The number of thioether (sulfide) groups is 1. The highest BCUT2D eigenvalue weighted by atomic mass is 32.2. The minimum absolute atomic E-state index is 0.263. The number of fused-ring (bicyclic) bond motifs is 1. The van der Waals surface area contributed by atoms with Crippen LogP contribution in [0.25, 0.3) is 16.7 Å². The largest absolute Gasteiger partial charge is 0.353 e. The van der Waals surface area contributed by atoms with Gasteiger partial charge in [-0.15, -0.1) is 0 Å². The van der Waals surface area contributed by atoms with Crippen molar-refractivity contribution in [2.24, 2.45) is 0 Å². The number of nitrogens with zero attached hydrogens (tertiary/aromatic N) is 2. The Morgan fingerprint density at radius 3 is 2.59 bits per heavy atom. The van der Waals surface area contributed by atoms with Crippen LogP contribution in [0.1, 0.15) is 11.3 Å². The van der Waals surface area contributed by atoms with Gasteiger partial charge < -0.3 is 4.98 Å². The lowest BCUT2D eigenvalue weighted by molar-refractivity contribution is 0.626. The number of hydrogen-bond donors (Lipinski definition) is 1. The van der Waals surface area contributed by atoms with Crippen molar-refractivity contribution in [3.8, 4) is 5.69 Å². The molecule has 0 amide bonds. The first-order chi connectivity index (χ1) is 13.0. The molecule has 4 rings (SSSR count). The SMILES string of the molecule is Cc1cc2nc(SCc3cccc(F)c3)n(-c3ccc(F)cc3)c(=O)c2[nH]1. The molecule has 136 valence electrons. The van der Waals surface area contributed by atoms with Gasteiger partial charge in [-0.1, -0.05) is 23.9 Å². The summed E-state index contributed by atoms with van der Waals surface area (Å²) in [6.45, 7) is 1.85. The molecule has 0 fully saturated rings. The van der Waals surface area contributed by atoms with Gasteiger partial charge in [0.15, 0.2) is 5.16 Å². The van der Waals surface area contributed by atoms with E-state index in [0.29, 0.717) is 27.6 Å². The van der Waals surface area contributed by atoms with E-state index in [1.807, 2.05) is 13.0 Å². The van der Waals surface area contributed by atoms with Crippen molar-refractivity contribution in [3.05, 3.63) is 87.8 Å². The van der Waals surface area contributed by atoms with Crippen LogP contribution in [-0.2, 0) is 5.75 Å². The number of rotatable bonds is 4. The summed E-state index contributed by atoms with van der Waals surface area (Å²) >= 11 is 1.32. The van der Waals surface area contributed by atoms with Crippen molar-refractivity contribution in [2.75, 3.05) is 0 Å². The summed E-state index contributed by atoms with van der Waals surface area (Å²) in [7, 11) is 0. The molecule has 0 atom stereocenters. The second kappa shape index (κ2) is 7.00. The molecule has 27 heavy (non-hydrogen) atoms. The third kappa shape index (κ3) is 3.50. The zero-order chi connectivity index (χ0) is 19.0. The van der Waals surface area contributed by atoms with Crippen LogP contribution in [0.4, 0.5) is 8.78 Å². The molecule has 2 aromatic heterocycles. The van der Waals surface area contributed by atoms with Crippen LogP contribution in [0.3, 0.4) is 0 Å². The zero-order valence-corrected chi connectivity index (χ0v) is 15.2. The molecule has 1 N–H and O–H groups in total. The fraction of sp³-hybridized carbons (Fsp3) is 0.100. The van der Waals surface area contributed by atoms with E-state index in [2.05, 4.69) is 9.97 Å². The molecule has 0 bridgehead atoms. The van der Waals surface area contributed by atoms with Gasteiger partial charge in [0.2, 0.25) is 0 Å². The number of aromatic nitrogens is 3. The third-order valence-electron chi connectivity index (χ3n) is 4.10.